The molecule has 0 spiro atoms. The summed E-state index contributed by atoms with van der Waals surface area (Å²) in [5.74, 6) is 0.0242. The van der Waals surface area contributed by atoms with E-state index in [1.165, 1.54) is 22.7 Å². The second-order valence-corrected chi connectivity index (χ2v) is 7.11. The first kappa shape index (κ1) is 15.1. The lowest BCUT2D eigenvalue weighted by atomic mass is 10.0. The molecule has 1 aromatic rings. The normalized spacial score (nSPS) is 20.8. The number of hydrogen-bond acceptors (Lipinski definition) is 4. The van der Waals surface area contributed by atoms with Crippen LogP contribution < -0.4 is 10.5 Å². The van der Waals surface area contributed by atoms with Crippen LogP contribution in [0, 0.1) is 11.7 Å². The highest BCUT2D eigenvalue weighted by Gasteiger charge is 2.26. The molecule has 2 N–H and O–H groups in total. The van der Waals surface area contributed by atoms with Gasteiger partial charge in [-0.3, -0.25) is 0 Å². The Kier molecular flexibility index (Phi) is 4.49. The van der Waals surface area contributed by atoms with Crippen molar-refractivity contribution >= 4 is 15.7 Å². The number of benzene rings is 1. The van der Waals surface area contributed by atoms with E-state index in [4.69, 9.17) is 10.5 Å². The van der Waals surface area contributed by atoms with E-state index in [2.05, 4.69) is 0 Å². The van der Waals surface area contributed by atoms with Gasteiger partial charge in [-0.2, -0.15) is 0 Å². The summed E-state index contributed by atoms with van der Waals surface area (Å²) in [6.45, 7) is 1.39. The second kappa shape index (κ2) is 5.97. The zero-order chi connectivity index (χ0) is 14.8. The van der Waals surface area contributed by atoms with Gasteiger partial charge >= 0.3 is 0 Å². The van der Waals surface area contributed by atoms with Crippen molar-refractivity contribution in [3.63, 3.8) is 0 Å². The minimum absolute atomic E-state index is 0.0817. The highest BCUT2D eigenvalue weighted by atomic mass is 32.2. The van der Waals surface area contributed by atoms with Crippen LogP contribution in [0.5, 0.6) is 5.75 Å². The number of nitrogens with two attached hydrogens (primary N) is 1. The van der Waals surface area contributed by atoms with Crippen molar-refractivity contribution in [1.82, 2.24) is 4.31 Å². The van der Waals surface area contributed by atoms with Crippen LogP contribution in [0.1, 0.15) is 12.8 Å². The van der Waals surface area contributed by atoms with E-state index in [1.54, 1.807) is 6.07 Å². The average molecular weight is 302 g/mol. The molecule has 0 aromatic heterocycles. The van der Waals surface area contributed by atoms with E-state index in [-0.39, 0.29) is 11.6 Å². The van der Waals surface area contributed by atoms with Gasteiger partial charge in [-0.05, 0) is 25.0 Å². The van der Waals surface area contributed by atoms with Gasteiger partial charge in [0.2, 0.25) is 10.0 Å². The molecule has 0 saturated carbocycles. The Hall–Kier alpha value is -1.34. The van der Waals surface area contributed by atoms with E-state index in [9.17, 15) is 12.8 Å². The smallest absolute Gasteiger partial charge is 0.211 e. The van der Waals surface area contributed by atoms with Crippen molar-refractivity contribution in [2.24, 2.45) is 5.92 Å². The molecule has 1 aromatic carbocycles. The van der Waals surface area contributed by atoms with Crippen LogP contribution >= 0.6 is 0 Å². The van der Waals surface area contributed by atoms with Gasteiger partial charge in [-0.25, -0.2) is 17.1 Å². The first-order chi connectivity index (χ1) is 9.36. The number of sulfonamides is 1. The van der Waals surface area contributed by atoms with Gasteiger partial charge in [0.25, 0.3) is 0 Å². The number of halogens is 1. The highest BCUT2D eigenvalue weighted by molar-refractivity contribution is 7.88. The Morgan fingerprint density at radius 1 is 1.50 bits per heavy atom. The Morgan fingerprint density at radius 2 is 2.25 bits per heavy atom. The quantitative estimate of drug-likeness (QED) is 0.855. The molecule has 1 aliphatic rings. The van der Waals surface area contributed by atoms with Crippen LogP contribution in [-0.2, 0) is 10.0 Å². The van der Waals surface area contributed by atoms with Gasteiger partial charge in [-0.15, -0.1) is 0 Å². The standard InChI is InChI=1S/C13H19FN2O3S/c1-20(17,18)16-6-2-3-10(8-16)9-19-11-4-5-13(15)12(14)7-11/h4-5,7,10H,2-3,6,8-9,15H2,1H3. The van der Waals surface area contributed by atoms with Crippen molar-refractivity contribution in [3.05, 3.63) is 24.0 Å². The minimum Gasteiger partial charge on any atom is -0.493 e. The molecule has 1 fully saturated rings. The number of ether oxygens (including phenoxy) is 1. The maximum Gasteiger partial charge on any atom is 0.211 e. The van der Waals surface area contributed by atoms with Crippen LogP contribution in [-0.4, -0.2) is 38.7 Å². The molecule has 1 saturated heterocycles. The zero-order valence-corrected chi connectivity index (χ0v) is 12.2. The number of anilines is 1. The summed E-state index contributed by atoms with van der Waals surface area (Å²) in [6, 6.07) is 4.30. The van der Waals surface area contributed by atoms with Crippen molar-refractivity contribution in [2.75, 3.05) is 31.7 Å². The average Bonchev–Trinajstić information content (AvgIpc) is 2.39. The summed E-state index contributed by atoms with van der Waals surface area (Å²) in [7, 11) is -3.15. The van der Waals surface area contributed by atoms with Crippen LogP contribution in [0.2, 0.25) is 0 Å². The van der Waals surface area contributed by atoms with Gasteiger partial charge in [0.1, 0.15) is 11.6 Å². The van der Waals surface area contributed by atoms with E-state index >= 15 is 0 Å². The minimum atomic E-state index is -3.15. The fourth-order valence-corrected chi connectivity index (χ4v) is 3.22. The Labute approximate surface area is 118 Å². The first-order valence-corrected chi connectivity index (χ1v) is 8.34. The number of piperidine rings is 1. The molecule has 0 aliphatic carbocycles. The van der Waals surface area contributed by atoms with Crippen LogP contribution in [0.4, 0.5) is 10.1 Å². The molecule has 1 unspecified atom stereocenters. The number of rotatable bonds is 4. The van der Waals surface area contributed by atoms with Crippen LogP contribution in [0.25, 0.3) is 0 Å². The number of hydrogen-bond donors (Lipinski definition) is 1. The van der Waals surface area contributed by atoms with E-state index in [1.807, 2.05) is 0 Å². The molecule has 0 amide bonds. The Morgan fingerprint density at radius 3 is 2.90 bits per heavy atom. The molecule has 1 heterocycles. The van der Waals surface area contributed by atoms with Crippen molar-refractivity contribution in [2.45, 2.75) is 12.8 Å². The monoisotopic (exact) mass is 302 g/mol. The summed E-state index contributed by atoms with van der Waals surface area (Å²) in [4.78, 5) is 0. The fraction of sp³-hybridized carbons (Fsp3) is 0.538. The van der Waals surface area contributed by atoms with Gasteiger partial charge in [0.15, 0.2) is 0 Å². The van der Waals surface area contributed by atoms with Crippen LogP contribution in [0.3, 0.4) is 0 Å². The molecule has 7 heteroatoms. The molecule has 5 nitrogen and oxygen atoms in total. The largest absolute Gasteiger partial charge is 0.493 e. The molecular formula is C13H19FN2O3S. The molecule has 1 atom stereocenters. The topological polar surface area (TPSA) is 72.6 Å². The highest BCUT2D eigenvalue weighted by Crippen LogP contribution is 2.22. The van der Waals surface area contributed by atoms with Crippen molar-refractivity contribution in [3.8, 4) is 5.75 Å². The maximum absolute atomic E-state index is 13.3. The molecule has 112 valence electrons. The van der Waals surface area contributed by atoms with Gasteiger partial charge in [-0.1, -0.05) is 0 Å². The summed E-state index contributed by atoms with van der Waals surface area (Å²) in [5, 5.41) is 0. The second-order valence-electron chi connectivity index (χ2n) is 5.12. The molecule has 0 radical (unpaired) electrons. The predicted molar refractivity (Wildman–Crippen MR) is 75.4 cm³/mol. The number of nitrogens with zero attached hydrogens (tertiary/aromatic N) is 1. The summed E-state index contributed by atoms with van der Waals surface area (Å²) < 4.78 is 43.3. The SMILES string of the molecule is CS(=O)(=O)N1CCCC(COc2ccc(N)c(F)c2)C1. The Balaban J connectivity index is 1.92. The van der Waals surface area contributed by atoms with Gasteiger partial charge in [0, 0.05) is 25.1 Å². The molecular weight excluding hydrogens is 283 g/mol. The summed E-state index contributed by atoms with van der Waals surface area (Å²) in [5.41, 5.74) is 5.47. The Bertz CT molecular complexity index is 577. The first-order valence-electron chi connectivity index (χ1n) is 6.49. The van der Waals surface area contributed by atoms with E-state index in [0.29, 0.717) is 25.4 Å². The molecule has 1 aliphatic heterocycles. The van der Waals surface area contributed by atoms with Crippen LogP contribution in [0.15, 0.2) is 18.2 Å². The molecule has 2 rings (SSSR count). The van der Waals surface area contributed by atoms with Crippen molar-refractivity contribution in [1.29, 1.82) is 0 Å². The van der Waals surface area contributed by atoms with E-state index < -0.39 is 15.8 Å². The van der Waals surface area contributed by atoms with E-state index in [0.717, 1.165) is 12.8 Å². The third-order valence-electron chi connectivity index (χ3n) is 3.41. The fourth-order valence-electron chi connectivity index (χ4n) is 2.28. The third-order valence-corrected chi connectivity index (χ3v) is 4.68. The zero-order valence-electron chi connectivity index (χ0n) is 11.4. The summed E-state index contributed by atoms with van der Waals surface area (Å²) >= 11 is 0. The molecule has 20 heavy (non-hydrogen) atoms. The molecule has 0 bridgehead atoms. The lowest BCUT2D eigenvalue weighted by Crippen LogP contribution is -2.40. The predicted octanol–water partition coefficient (Wildman–Crippen LogP) is 1.46. The third kappa shape index (κ3) is 3.83. The van der Waals surface area contributed by atoms with Gasteiger partial charge < -0.3 is 10.5 Å². The maximum atomic E-state index is 13.3. The summed E-state index contributed by atoms with van der Waals surface area (Å²) in [6.07, 6.45) is 2.94. The lowest BCUT2D eigenvalue weighted by molar-refractivity contribution is 0.180. The number of nitrogen functional groups attached to an aromatic ring is 1. The lowest BCUT2D eigenvalue weighted by Gasteiger charge is -2.30. The van der Waals surface area contributed by atoms with Crippen molar-refractivity contribution < 1.29 is 17.5 Å². The van der Waals surface area contributed by atoms with Gasteiger partial charge in [0.05, 0.1) is 18.6 Å².